The molecule has 6 nitrogen and oxygen atoms in total. The number of halogens is 6. The molecule has 0 fully saturated rings. The van der Waals surface area contributed by atoms with Gasteiger partial charge in [0, 0.05) is 30.6 Å². The number of thiophene rings is 2. The van der Waals surface area contributed by atoms with Crippen molar-refractivity contribution >= 4 is 68.9 Å². The van der Waals surface area contributed by atoms with Gasteiger partial charge in [-0.05, 0) is 83.9 Å². The fourth-order valence-electron chi connectivity index (χ4n) is 4.71. The second-order valence-electron chi connectivity index (χ2n) is 9.24. The average Bonchev–Trinajstić information content (AvgIpc) is 3.78. The molecule has 4 heterocycles. The van der Waals surface area contributed by atoms with Gasteiger partial charge in [0.25, 0.3) is 0 Å². The monoisotopic (exact) mass is 680 g/mol. The van der Waals surface area contributed by atoms with Crippen molar-refractivity contribution in [3.63, 3.8) is 0 Å². The lowest BCUT2D eigenvalue weighted by Gasteiger charge is -2.11. The van der Waals surface area contributed by atoms with E-state index in [4.69, 9.17) is 0 Å². The van der Waals surface area contributed by atoms with Gasteiger partial charge in [0.1, 0.15) is 22.5 Å². The van der Waals surface area contributed by atoms with Crippen molar-refractivity contribution < 1.29 is 35.8 Å². The third-order valence-corrected chi connectivity index (χ3v) is 9.91. The number of hydrogen-bond donors (Lipinski definition) is 2. The van der Waals surface area contributed by atoms with Gasteiger partial charge in [0.15, 0.2) is 0 Å². The molecule has 1 aliphatic rings. The number of aromatic nitrogens is 2. The van der Waals surface area contributed by atoms with Crippen LogP contribution in [0.3, 0.4) is 0 Å². The number of ether oxygens (including phenoxy) is 2. The number of nitrogens with zero attached hydrogens (tertiary/aromatic N) is 2. The van der Waals surface area contributed by atoms with E-state index in [1.807, 2.05) is 24.3 Å². The maximum absolute atomic E-state index is 12.6. The summed E-state index contributed by atoms with van der Waals surface area (Å²) in [6.45, 7) is 0. The summed E-state index contributed by atoms with van der Waals surface area (Å²) in [6, 6.07) is 19.1. The first-order chi connectivity index (χ1) is 21.0. The highest BCUT2D eigenvalue weighted by atomic mass is 32.2. The van der Waals surface area contributed by atoms with Gasteiger partial charge in [-0.15, -0.1) is 49.0 Å². The summed E-state index contributed by atoms with van der Waals surface area (Å²) in [5, 5.41) is 0. The van der Waals surface area contributed by atoms with Crippen LogP contribution in [0, 0.1) is 0 Å². The normalized spacial score (nSPS) is 13.0. The van der Waals surface area contributed by atoms with Crippen LogP contribution in [-0.2, 0) is 0 Å². The summed E-state index contributed by atoms with van der Waals surface area (Å²) in [4.78, 5) is 3.48. The predicted octanol–water partition coefficient (Wildman–Crippen LogP) is 10.7. The predicted molar refractivity (Wildman–Crippen MR) is 163 cm³/mol. The Labute approximate surface area is 260 Å². The lowest BCUT2D eigenvalue weighted by molar-refractivity contribution is -0.275. The molecule has 0 spiro atoms. The van der Waals surface area contributed by atoms with Crippen molar-refractivity contribution in [2.45, 2.75) is 12.7 Å². The van der Waals surface area contributed by atoms with Crippen molar-refractivity contribution in [3.05, 3.63) is 72.8 Å². The summed E-state index contributed by atoms with van der Waals surface area (Å²) < 4.78 is 99.2. The van der Waals surface area contributed by atoms with Gasteiger partial charge in [0.05, 0.1) is 35.2 Å². The lowest BCUT2D eigenvalue weighted by Crippen LogP contribution is -2.16. The Bertz CT molecular complexity index is 1840. The molecule has 0 amide bonds. The smallest absolute Gasteiger partial charge is 0.406 e. The second kappa shape index (κ2) is 10.9. The van der Waals surface area contributed by atoms with Crippen molar-refractivity contribution in [1.82, 2.24) is 8.75 Å². The molecule has 44 heavy (non-hydrogen) atoms. The molecular formula is C28H14F6N4O2S4. The average molecular weight is 681 g/mol. The number of alkyl halides is 6. The zero-order valence-corrected chi connectivity index (χ0v) is 24.8. The zero-order valence-electron chi connectivity index (χ0n) is 21.5. The fourth-order valence-corrected chi connectivity index (χ4v) is 8.06. The topological polar surface area (TPSA) is 68.3 Å². The minimum atomic E-state index is -4.76. The number of hydrogen-bond acceptors (Lipinski definition) is 10. The van der Waals surface area contributed by atoms with Crippen molar-refractivity contribution in [1.29, 1.82) is 0 Å². The molecule has 3 aromatic heterocycles. The summed E-state index contributed by atoms with van der Waals surface area (Å²) in [5.74, 6) is -0.587. The second-order valence-corrected chi connectivity index (χ2v) is 12.5. The molecule has 0 aliphatic carbocycles. The lowest BCUT2D eigenvalue weighted by atomic mass is 10.0. The highest BCUT2D eigenvalue weighted by molar-refractivity contribution is 8.02. The van der Waals surface area contributed by atoms with E-state index in [1.165, 1.54) is 59.1 Å². The maximum atomic E-state index is 12.6. The number of rotatable bonds is 6. The Morgan fingerprint density at radius 2 is 0.909 bits per heavy atom. The third-order valence-electron chi connectivity index (χ3n) is 6.47. The van der Waals surface area contributed by atoms with Gasteiger partial charge in [-0.3, -0.25) is 0 Å². The van der Waals surface area contributed by atoms with E-state index < -0.39 is 12.7 Å². The standard InChI is InChI=1S/C28H14F6N4O2S4/c29-27(30,31)39-15-5-1-13(2-6-15)17-9-11-19(41-17)21-23-25(37-43-35-23)22(26-24(21)36-44-38-26)20-12-10-18(42-20)14-3-7-16(8-4-14)40-28(32,33)34/h1-12,35,37H. The zero-order chi connectivity index (χ0) is 30.6. The Kier molecular flexibility index (Phi) is 7.10. The molecule has 0 radical (unpaired) electrons. The first kappa shape index (κ1) is 28.8. The van der Waals surface area contributed by atoms with Crippen molar-refractivity contribution in [2.24, 2.45) is 0 Å². The van der Waals surface area contributed by atoms with Gasteiger partial charge in [-0.1, -0.05) is 0 Å². The summed E-state index contributed by atoms with van der Waals surface area (Å²) >= 11 is 5.31. The molecule has 1 aliphatic heterocycles. The molecule has 0 bridgehead atoms. The summed E-state index contributed by atoms with van der Waals surface area (Å²) in [5.41, 5.74) is 6.17. The SMILES string of the molecule is FC(F)(F)Oc1ccc(-c2ccc(-c3c4c(c(-c5ccc(-c6ccc(OC(F)(F)F)cc6)s5)c5nsnc35)NSN4)s2)cc1. The molecule has 3 aromatic carbocycles. The van der Waals surface area contributed by atoms with Crippen LogP contribution in [0.25, 0.3) is 52.8 Å². The molecule has 2 N–H and O–H groups in total. The number of anilines is 2. The Balaban J connectivity index is 1.24. The van der Waals surface area contributed by atoms with Crippen LogP contribution >= 0.6 is 46.5 Å². The number of nitrogens with one attached hydrogen (secondary N) is 2. The van der Waals surface area contributed by atoms with E-state index in [0.29, 0.717) is 11.0 Å². The van der Waals surface area contributed by atoms with E-state index in [-0.39, 0.29) is 11.5 Å². The van der Waals surface area contributed by atoms with Gasteiger partial charge in [-0.2, -0.15) is 8.75 Å². The van der Waals surface area contributed by atoms with E-state index in [0.717, 1.165) is 64.9 Å². The maximum Gasteiger partial charge on any atom is 0.573 e. The molecule has 0 unspecified atom stereocenters. The molecule has 6 aromatic rings. The van der Waals surface area contributed by atoms with Crippen LogP contribution in [0.4, 0.5) is 37.7 Å². The molecule has 16 heteroatoms. The van der Waals surface area contributed by atoms with E-state index in [1.54, 1.807) is 24.3 Å². The van der Waals surface area contributed by atoms with E-state index >= 15 is 0 Å². The molecule has 0 saturated carbocycles. The molecule has 0 atom stereocenters. The first-order valence-electron chi connectivity index (χ1n) is 12.5. The number of fused-ring (bicyclic) bond motifs is 2. The van der Waals surface area contributed by atoms with Crippen LogP contribution in [0.5, 0.6) is 11.5 Å². The van der Waals surface area contributed by atoms with Gasteiger partial charge in [0.2, 0.25) is 0 Å². The van der Waals surface area contributed by atoms with Crippen LogP contribution in [0.1, 0.15) is 0 Å². The Morgan fingerprint density at radius 3 is 1.30 bits per heavy atom. The first-order valence-corrected chi connectivity index (χ1v) is 15.6. The van der Waals surface area contributed by atoms with Crippen LogP contribution < -0.4 is 18.9 Å². The third kappa shape index (κ3) is 5.65. The van der Waals surface area contributed by atoms with Crippen molar-refractivity contribution in [3.8, 4) is 53.3 Å². The molecular weight excluding hydrogens is 667 g/mol. The van der Waals surface area contributed by atoms with Gasteiger partial charge >= 0.3 is 12.7 Å². The van der Waals surface area contributed by atoms with Crippen LogP contribution in [-0.4, -0.2) is 21.5 Å². The van der Waals surface area contributed by atoms with Gasteiger partial charge < -0.3 is 18.9 Å². The minimum Gasteiger partial charge on any atom is -0.406 e. The van der Waals surface area contributed by atoms with E-state index in [9.17, 15) is 26.3 Å². The highest BCUT2D eigenvalue weighted by Crippen LogP contribution is 2.54. The number of benzene rings is 3. The summed E-state index contributed by atoms with van der Waals surface area (Å²) in [6.07, 6.45) is -9.52. The highest BCUT2D eigenvalue weighted by Gasteiger charge is 2.32. The van der Waals surface area contributed by atoms with Gasteiger partial charge in [-0.25, -0.2) is 0 Å². The molecule has 7 rings (SSSR count). The van der Waals surface area contributed by atoms with Crippen molar-refractivity contribution in [2.75, 3.05) is 9.44 Å². The molecule has 0 saturated heterocycles. The Morgan fingerprint density at radius 1 is 0.523 bits per heavy atom. The van der Waals surface area contributed by atoms with E-state index in [2.05, 4.69) is 27.7 Å². The minimum absolute atomic E-state index is 0.293. The van der Waals surface area contributed by atoms with Crippen LogP contribution in [0.15, 0.2) is 72.8 Å². The quantitative estimate of drug-likeness (QED) is 0.134. The largest absolute Gasteiger partial charge is 0.573 e. The summed E-state index contributed by atoms with van der Waals surface area (Å²) in [7, 11) is 0. The van der Waals surface area contributed by atoms with Crippen LogP contribution in [0.2, 0.25) is 0 Å². The fraction of sp³-hybridized carbons (Fsp3) is 0.0714. The molecule has 224 valence electrons. The Hall–Kier alpha value is -3.99.